The lowest BCUT2D eigenvalue weighted by Crippen LogP contribution is -2.41. The fourth-order valence-corrected chi connectivity index (χ4v) is 3.43. The summed E-state index contributed by atoms with van der Waals surface area (Å²) in [6.45, 7) is 1.72. The van der Waals surface area contributed by atoms with Gasteiger partial charge in [0.15, 0.2) is 0 Å². The lowest BCUT2D eigenvalue weighted by atomic mass is 10.1. The zero-order valence-electron chi connectivity index (χ0n) is 15.1. The predicted octanol–water partition coefficient (Wildman–Crippen LogP) is 2.60. The van der Waals surface area contributed by atoms with Crippen LogP contribution in [0.1, 0.15) is 18.7 Å². The van der Waals surface area contributed by atoms with E-state index in [1.807, 2.05) is 64.1 Å². The number of aliphatic hydroxyl groups is 1. The van der Waals surface area contributed by atoms with Crippen LogP contribution in [0.3, 0.4) is 0 Å². The number of hydrogen-bond donors (Lipinski definition) is 1. The first-order chi connectivity index (χ1) is 13.2. The van der Waals surface area contributed by atoms with Crippen molar-refractivity contribution in [2.45, 2.75) is 32.1 Å². The SMILES string of the molecule is O=C(Cn1c(COc2ccccc2)nc2ccccc21)N1CCC(O)CC1. The van der Waals surface area contributed by atoms with Gasteiger partial charge >= 0.3 is 0 Å². The Morgan fingerprint density at radius 3 is 2.56 bits per heavy atom. The number of imidazole rings is 1. The van der Waals surface area contributed by atoms with Gasteiger partial charge in [0.2, 0.25) is 5.91 Å². The Labute approximate surface area is 158 Å². The Morgan fingerprint density at radius 2 is 1.78 bits per heavy atom. The smallest absolute Gasteiger partial charge is 0.242 e. The van der Waals surface area contributed by atoms with Crippen molar-refractivity contribution in [2.24, 2.45) is 0 Å². The summed E-state index contributed by atoms with van der Waals surface area (Å²) in [5.74, 6) is 1.55. The molecule has 2 aromatic carbocycles. The minimum absolute atomic E-state index is 0.0472. The van der Waals surface area contributed by atoms with Gasteiger partial charge in [-0.2, -0.15) is 0 Å². The van der Waals surface area contributed by atoms with E-state index in [9.17, 15) is 9.90 Å². The number of benzene rings is 2. The lowest BCUT2D eigenvalue weighted by molar-refractivity contribution is -0.133. The number of rotatable bonds is 5. The lowest BCUT2D eigenvalue weighted by Gasteiger charge is -2.30. The Balaban J connectivity index is 1.55. The zero-order chi connectivity index (χ0) is 18.6. The number of carbonyl (C=O) groups is 1. The van der Waals surface area contributed by atoms with Crippen LogP contribution in [0.15, 0.2) is 54.6 Å². The number of fused-ring (bicyclic) bond motifs is 1. The van der Waals surface area contributed by atoms with Gasteiger partial charge in [0.25, 0.3) is 0 Å². The van der Waals surface area contributed by atoms with E-state index >= 15 is 0 Å². The highest BCUT2D eigenvalue weighted by atomic mass is 16.5. The number of nitrogens with zero attached hydrogens (tertiary/aromatic N) is 3. The fourth-order valence-electron chi connectivity index (χ4n) is 3.43. The van der Waals surface area contributed by atoms with Crippen molar-refractivity contribution < 1.29 is 14.6 Å². The van der Waals surface area contributed by atoms with Gasteiger partial charge in [0.05, 0.1) is 17.1 Å². The summed E-state index contributed by atoms with van der Waals surface area (Å²) in [5, 5.41) is 9.66. The van der Waals surface area contributed by atoms with Crippen molar-refractivity contribution in [1.82, 2.24) is 14.5 Å². The number of para-hydroxylation sites is 3. The van der Waals surface area contributed by atoms with Crippen LogP contribution in [0.2, 0.25) is 0 Å². The van der Waals surface area contributed by atoms with E-state index in [1.54, 1.807) is 0 Å². The second-order valence-corrected chi connectivity index (χ2v) is 6.82. The van der Waals surface area contributed by atoms with Gasteiger partial charge in [-0.3, -0.25) is 4.79 Å². The maximum Gasteiger partial charge on any atom is 0.242 e. The fraction of sp³-hybridized carbons (Fsp3) is 0.333. The second-order valence-electron chi connectivity index (χ2n) is 6.82. The van der Waals surface area contributed by atoms with E-state index in [4.69, 9.17) is 4.74 Å². The minimum atomic E-state index is -0.294. The van der Waals surface area contributed by atoms with E-state index in [0.717, 1.165) is 22.6 Å². The van der Waals surface area contributed by atoms with Crippen LogP contribution >= 0.6 is 0 Å². The van der Waals surface area contributed by atoms with Gasteiger partial charge < -0.3 is 19.3 Å². The molecular formula is C21H23N3O3. The third kappa shape index (κ3) is 3.95. The molecule has 6 heteroatoms. The van der Waals surface area contributed by atoms with Gasteiger partial charge in [-0.05, 0) is 37.1 Å². The minimum Gasteiger partial charge on any atom is -0.486 e. The Kier molecular flexibility index (Phi) is 5.07. The van der Waals surface area contributed by atoms with Gasteiger partial charge in [0.1, 0.15) is 24.7 Å². The molecule has 6 nitrogen and oxygen atoms in total. The number of aliphatic hydroxyl groups excluding tert-OH is 1. The molecule has 0 atom stereocenters. The van der Waals surface area contributed by atoms with Crippen molar-refractivity contribution >= 4 is 16.9 Å². The predicted molar refractivity (Wildman–Crippen MR) is 102 cm³/mol. The van der Waals surface area contributed by atoms with Crippen molar-refractivity contribution in [3.8, 4) is 5.75 Å². The normalized spacial score (nSPS) is 15.2. The molecule has 4 rings (SSSR count). The molecule has 0 saturated carbocycles. The quantitative estimate of drug-likeness (QED) is 0.755. The van der Waals surface area contributed by atoms with Gasteiger partial charge in [0, 0.05) is 13.1 Å². The molecule has 1 amide bonds. The van der Waals surface area contributed by atoms with Crippen molar-refractivity contribution in [2.75, 3.05) is 13.1 Å². The van der Waals surface area contributed by atoms with Gasteiger partial charge in [-0.1, -0.05) is 30.3 Å². The summed E-state index contributed by atoms with van der Waals surface area (Å²) in [6.07, 6.45) is 0.985. The maximum absolute atomic E-state index is 12.8. The summed E-state index contributed by atoms with van der Waals surface area (Å²) in [7, 11) is 0. The summed E-state index contributed by atoms with van der Waals surface area (Å²) >= 11 is 0. The van der Waals surface area contributed by atoms with E-state index in [-0.39, 0.29) is 18.6 Å². The summed E-state index contributed by atoms with van der Waals surface area (Å²) in [4.78, 5) is 19.3. The molecule has 1 aliphatic heterocycles. The van der Waals surface area contributed by atoms with Crippen molar-refractivity contribution in [1.29, 1.82) is 0 Å². The first-order valence-corrected chi connectivity index (χ1v) is 9.28. The summed E-state index contributed by atoms with van der Waals surface area (Å²) in [5.41, 5.74) is 1.78. The van der Waals surface area contributed by atoms with Gasteiger partial charge in [-0.15, -0.1) is 0 Å². The number of ether oxygens (including phenoxy) is 1. The molecule has 2 heterocycles. The number of carbonyl (C=O) groups excluding carboxylic acids is 1. The largest absolute Gasteiger partial charge is 0.486 e. The third-order valence-electron chi connectivity index (χ3n) is 4.96. The maximum atomic E-state index is 12.8. The standard InChI is InChI=1S/C21H23N3O3/c25-16-10-12-23(13-11-16)21(26)14-24-19-9-5-4-8-18(19)22-20(24)15-27-17-6-2-1-3-7-17/h1-9,16,25H,10-15H2. The molecule has 1 fully saturated rings. The molecule has 1 saturated heterocycles. The highest BCUT2D eigenvalue weighted by Gasteiger charge is 2.23. The van der Waals surface area contributed by atoms with Crippen LogP contribution in [0, 0.1) is 0 Å². The third-order valence-corrected chi connectivity index (χ3v) is 4.96. The molecular weight excluding hydrogens is 342 g/mol. The van der Waals surface area contributed by atoms with Gasteiger partial charge in [-0.25, -0.2) is 4.98 Å². The molecule has 3 aromatic rings. The Morgan fingerprint density at radius 1 is 1.07 bits per heavy atom. The summed E-state index contributed by atoms with van der Waals surface area (Å²) < 4.78 is 7.80. The molecule has 0 aliphatic carbocycles. The van der Waals surface area contributed by atoms with Crippen LogP contribution in [0.4, 0.5) is 0 Å². The van der Waals surface area contributed by atoms with E-state index in [0.29, 0.717) is 32.5 Å². The molecule has 27 heavy (non-hydrogen) atoms. The molecule has 1 aliphatic rings. The van der Waals surface area contributed by atoms with Crippen LogP contribution < -0.4 is 4.74 Å². The molecule has 0 bridgehead atoms. The average molecular weight is 365 g/mol. The van der Waals surface area contributed by atoms with Crippen molar-refractivity contribution in [3.05, 3.63) is 60.4 Å². The first-order valence-electron chi connectivity index (χ1n) is 9.28. The van der Waals surface area contributed by atoms with Crippen LogP contribution in [-0.2, 0) is 17.9 Å². The number of hydrogen-bond acceptors (Lipinski definition) is 4. The molecule has 1 N–H and O–H groups in total. The Hall–Kier alpha value is -2.86. The highest BCUT2D eigenvalue weighted by molar-refractivity contribution is 5.81. The monoisotopic (exact) mass is 365 g/mol. The van der Waals surface area contributed by atoms with Crippen LogP contribution in [0.25, 0.3) is 11.0 Å². The Bertz CT molecular complexity index is 915. The molecule has 0 spiro atoms. The van der Waals surface area contributed by atoms with E-state index < -0.39 is 0 Å². The molecule has 1 aromatic heterocycles. The van der Waals surface area contributed by atoms with E-state index in [2.05, 4.69) is 4.98 Å². The molecule has 140 valence electrons. The van der Waals surface area contributed by atoms with Crippen LogP contribution in [0.5, 0.6) is 5.75 Å². The van der Waals surface area contributed by atoms with Crippen LogP contribution in [-0.4, -0.2) is 44.7 Å². The highest BCUT2D eigenvalue weighted by Crippen LogP contribution is 2.19. The zero-order valence-corrected chi connectivity index (χ0v) is 15.1. The average Bonchev–Trinajstić information content (AvgIpc) is 3.05. The number of piperidine rings is 1. The molecule has 0 unspecified atom stereocenters. The first kappa shape index (κ1) is 17.5. The number of amides is 1. The topological polar surface area (TPSA) is 67.6 Å². The molecule has 0 radical (unpaired) electrons. The van der Waals surface area contributed by atoms with E-state index in [1.165, 1.54) is 0 Å². The summed E-state index contributed by atoms with van der Waals surface area (Å²) in [6, 6.07) is 17.4. The number of aromatic nitrogens is 2. The number of likely N-dealkylation sites (tertiary alicyclic amines) is 1. The second kappa shape index (κ2) is 7.80. The van der Waals surface area contributed by atoms with Crippen molar-refractivity contribution in [3.63, 3.8) is 0 Å².